The number of ether oxygens (including phenoxy) is 2. The van der Waals surface area contributed by atoms with E-state index in [1.807, 2.05) is 0 Å². The van der Waals surface area contributed by atoms with Crippen molar-refractivity contribution in [1.29, 1.82) is 5.41 Å². The lowest BCUT2D eigenvalue weighted by atomic mass is 10.2. The van der Waals surface area contributed by atoms with Crippen LogP contribution in [0.3, 0.4) is 0 Å². The Balaban J connectivity index is 4.02. The molecule has 0 spiro atoms. The molecule has 0 saturated heterocycles. The van der Waals surface area contributed by atoms with E-state index in [2.05, 4.69) is 0 Å². The fourth-order valence-corrected chi connectivity index (χ4v) is 0.806. The van der Waals surface area contributed by atoms with E-state index in [-0.39, 0.29) is 24.3 Å². The molecule has 0 aliphatic heterocycles. The molecule has 0 aromatic heterocycles. The van der Waals surface area contributed by atoms with Crippen molar-refractivity contribution >= 4 is 17.7 Å². The first kappa shape index (κ1) is 13.6. The number of hydrogen-bond donors (Lipinski definition) is 1. The minimum atomic E-state index is -0.772. The lowest BCUT2D eigenvalue weighted by Gasteiger charge is -2.10. The molecule has 0 aliphatic rings. The van der Waals surface area contributed by atoms with E-state index in [0.717, 1.165) is 0 Å². The summed E-state index contributed by atoms with van der Waals surface area (Å²) in [6, 6.07) is 0. The third-order valence-electron chi connectivity index (χ3n) is 1.28. The van der Waals surface area contributed by atoms with Crippen LogP contribution in [-0.4, -0.2) is 29.9 Å². The molecule has 15 heavy (non-hydrogen) atoms. The van der Waals surface area contributed by atoms with E-state index >= 15 is 0 Å². The maximum Gasteiger partial charge on any atom is 0.352 e. The van der Waals surface area contributed by atoms with Gasteiger partial charge in [-0.25, -0.2) is 4.79 Å². The topological polar surface area (TPSA) is 76.5 Å². The Hall–Kier alpha value is -1.39. The molecule has 0 rings (SSSR count). The Morgan fingerprint density at radius 3 is 1.93 bits per heavy atom. The molecule has 0 radical (unpaired) electrons. The molecular weight excluding hydrogens is 198 g/mol. The lowest BCUT2D eigenvalue weighted by Crippen LogP contribution is -2.24. The van der Waals surface area contributed by atoms with Gasteiger partial charge in [-0.05, 0) is 27.7 Å². The summed E-state index contributed by atoms with van der Waals surface area (Å²) in [6.07, 6.45) is -0.880. The molecule has 0 bridgehead atoms. The van der Waals surface area contributed by atoms with Crippen molar-refractivity contribution in [3.63, 3.8) is 0 Å². The summed E-state index contributed by atoms with van der Waals surface area (Å²) in [5, 5.41) is 7.29. The molecule has 5 heteroatoms. The first-order valence-electron chi connectivity index (χ1n) is 4.80. The second-order valence-corrected chi connectivity index (χ2v) is 3.65. The number of carbonyl (C=O) groups is 2. The molecule has 0 amide bonds. The zero-order valence-electron chi connectivity index (χ0n) is 9.49. The average molecular weight is 215 g/mol. The van der Waals surface area contributed by atoms with Gasteiger partial charge in [0.15, 0.2) is 0 Å². The van der Waals surface area contributed by atoms with Gasteiger partial charge in [0, 0.05) is 0 Å². The average Bonchev–Trinajstić information content (AvgIpc) is 2.00. The number of esters is 2. The molecule has 0 aromatic carbocycles. The first-order chi connectivity index (χ1) is 6.82. The minimum absolute atomic E-state index is 0.244. The maximum atomic E-state index is 11.1. The smallest absolute Gasteiger partial charge is 0.352 e. The van der Waals surface area contributed by atoms with Gasteiger partial charge in [0.1, 0.15) is 5.71 Å². The zero-order chi connectivity index (χ0) is 12.0. The lowest BCUT2D eigenvalue weighted by molar-refractivity contribution is -0.147. The number of carbonyl (C=O) groups excluding carboxylic acids is 2. The molecular formula is C10H17NO4. The van der Waals surface area contributed by atoms with E-state index in [4.69, 9.17) is 14.9 Å². The van der Waals surface area contributed by atoms with Gasteiger partial charge in [-0.2, -0.15) is 0 Å². The molecule has 5 nitrogen and oxygen atoms in total. The summed E-state index contributed by atoms with van der Waals surface area (Å²) in [4.78, 5) is 22.2. The van der Waals surface area contributed by atoms with E-state index in [1.165, 1.54) is 0 Å². The summed E-state index contributed by atoms with van der Waals surface area (Å²) in [5.41, 5.74) is -0.380. The van der Waals surface area contributed by atoms with Crippen molar-refractivity contribution in [3.05, 3.63) is 0 Å². The second kappa shape index (κ2) is 6.16. The first-order valence-corrected chi connectivity index (χ1v) is 4.80. The second-order valence-electron chi connectivity index (χ2n) is 3.65. The third kappa shape index (κ3) is 6.65. The Labute approximate surface area is 89.3 Å². The Morgan fingerprint density at radius 2 is 1.53 bits per heavy atom. The molecule has 0 fully saturated rings. The van der Waals surface area contributed by atoms with Crippen LogP contribution >= 0.6 is 0 Å². The predicted molar refractivity (Wildman–Crippen MR) is 54.8 cm³/mol. The van der Waals surface area contributed by atoms with Crippen LogP contribution in [0.15, 0.2) is 0 Å². The van der Waals surface area contributed by atoms with E-state index in [9.17, 15) is 9.59 Å². The van der Waals surface area contributed by atoms with Gasteiger partial charge in [-0.15, -0.1) is 0 Å². The van der Waals surface area contributed by atoms with E-state index in [1.54, 1.807) is 27.7 Å². The zero-order valence-corrected chi connectivity index (χ0v) is 9.49. The van der Waals surface area contributed by atoms with Gasteiger partial charge < -0.3 is 9.47 Å². The quantitative estimate of drug-likeness (QED) is 0.554. The highest BCUT2D eigenvalue weighted by molar-refractivity contribution is 6.38. The van der Waals surface area contributed by atoms with Gasteiger partial charge in [-0.3, -0.25) is 10.2 Å². The normalized spacial score (nSPS) is 10.3. The molecule has 0 aliphatic carbocycles. The van der Waals surface area contributed by atoms with Crippen molar-refractivity contribution in [2.24, 2.45) is 0 Å². The monoisotopic (exact) mass is 215 g/mol. The Morgan fingerprint density at radius 1 is 1.07 bits per heavy atom. The van der Waals surface area contributed by atoms with Crippen molar-refractivity contribution in [3.8, 4) is 0 Å². The molecule has 86 valence electrons. The van der Waals surface area contributed by atoms with Crippen molar-refractivity contribution < 1.29 is 19.1 Å². The van der Waals surface area contributed by atoms with Gasteiger partial charge in [0.25, 0.3) is 0 Å². The van der Waals surface area contributed by atoms with Crippen LogP contribution in [-0.2, 0) is 19.1 Å². The van der Waals surface area contributed by atoms with Crippen LogP contribution in [0.4, 0.5) is 0 Å². The van der Waals surface area contributed by atoms with Crippen LogP contribution in [0.1, 0.15) is 34.1 Å². The van der Waals surface area contributed by atoms with Crippen molar-refractivity contribution in [2.75, 3.05) is 0 Å². The van der Waals surface area contributed by atoms with Crippen LogP contribution in [0.5, 0.6) is 0 Å². The molecule has 0 aromatic rings. The fraction of sp³-hybridized carbons (Fsp3) is 0.700. The largest absolute Gasteiger partial charge is 0.463 e. The van der Waals surface area contributed by atoms with Crippen molar-refractivity contribution in [2.45, 2.75) is 46.3 Å². The number of rotatable bonds is 5. The summed E-state index contributed by atoms with van der Waals surface area (Å²) in [5.74, 6) is -1.36. The minimum Gasteiger partial charge on any atom is -0.463 e. The number of nitrogens with one attached hydrogen (secondary N) is 1. The standard InChI is InChI=1S/C10H17NO4/c1-6(2)14-9(12)5-8(11)10(13)15-7(3)4/h6-7,11H,5H2,1-4H3. The van der Waals surface area contributed by atoms with Gasteiger partial charge in [-0.1, -0.05) is 0 Å². The maximum absolute atomic E-state index is 11.1. The van der Waals surface area contributed by atoms with Gasteiger partial charge >= 0.3 is 11.9 Å². The van der Waals surface area contributed by atoms with Crippen LogP contribution in [0, 0.1) is 5.41 Å². The van der Waals surface area contributed by atoms with Crippen LogP contribution in [0.25, 0.3) is 0 Å². The van der Waals surface area contributed by atoms with Crippen LogP contribution in [0.2, 0.25) is 0 Å². The highest BCUT2D eigenvalue weighted by atomic mass is 16.5. The molecule has 1 N–H and O–H groups in total. The Bertz CT molecular complexity index is 258. The Kier molecular flexibility index (Phi) is 5.59. The highest BCUT2D eigenvalue weighted by Crippen LogP contribution is 1.98. The SMILES string of the molecule is CC(C)OC(=O)CC(=N)C(=O)OC(C)C. The summed E-state index contributed by atoms with van der Waals surface area (Å²) in [7, 11) is 0. The van der Waals surface area contributed by atoms with Crippen molar-refractivity contribution in [1.82, 2.24) is 0 Å². The molecule has 0 unspecified atom stereocenters. The predicted octanol–water partition coefficient (Wildman–Crippen LogP) is 1.30. The van der Waals surface area contributed by atoms with E-state index < -0.39 is 11.9 Å². The number of hydrogen-bond acceptors (Lipinski definition) is 5. The molecule has 0 saturated carbocycles. The molecule has 0 atom stereocenters. The van der Waals surface area contributed by atoms with Gasteiger partial charge in [0.05, 0.1) is 18.6 Å². The highest BCUT2D eigenvalue weighted by Gasteiger charge is 2.17. The summed E-state index contributed by atoms with van der Waals surface area (Å²) in [6.45, 7) is 6.76. The summed E-state index contributed by atoms with van der Waals surface area (Å²) >= 11 is 0. The van der Waals surface area contributed by atoms with Crippen LogP contribution < -0.4 is 0 Å². The van der Waals surface area contributed by atoms with E-state index in [0.29, 0.717) is 0 Å². The summed E-state index contributed by atoms with van der Waals surface area (Å²) < 4.78 is 9.54. The third-order valence-corrected chi connectivity index (χ3v) is 1.28. The molecule has 0 heterocycles. The fourth-order valence-electron chi connectivity index (χ4n) is 0.806. The van der Waals surface area contributed by atoms with Gasteiger partial charge in [0.2, 0.25) is 0 Å².